The van der Waals surface area contributed by atoms with Crippen LogP contribution in [0.25, 0.3) is 0 Å². The predicted molar refractivity (Wildman–Crippen MR) is 47.5 cm³/mol. The third-order valence-electron chi connectivity index (χ3n) is 1.45. The molecule has 0 aliphatic rings. The van der Waals surface area contributed by atoms with Crippen molar-refractivity contribution in [3.05, 3.63) is 23.8 Å². The van der Waals surface area contributed by atoms with Gasteiger partial charge in [0.2, 0.25) is 0 Å². The summed E-state index contributed by atoms with van der Waals surface area (Å²) in [6.07, 6.45) is 0. The third kappa shape index (κ3) is 2.38. The summed E-state index contributed by atoms with van der Waals surface area (Å²) in [7, 11) is 0. The first-order valence-corrected chi connectivity index (χ1v) is 3.77. The molecule has 0 fully saturated rings. The normalized spacial score (nSPS) is 9.07. The van der Waals surface area contributed by atoms with Gasteiger partial charge in [-0.2, -0.15) is 5.26 Å². The van der Waals surface area contributed by atoms with Crippen LogP contribution in [0.4, 0.5) is 0 Å². The lowest BCUT2D eigenvalue weighted by Gasteiger charge is -2.05. The van der Waals surface area contributed by atoms with Gasteiger partial charge in [0.05, 0.1) is 5.56 Å². The first-order chi connectivity index (χ1) is 6.63. The van der Waals surface area contributed by atoms with Crippen molar-refractivity contribution in [2.75, 3.05) is 6.61 Å². The molecule has 5 heteroatoms. The van der Waals surface area contributed by atoms with E-state index in [9.17, 15) is 4.79 Å². The number of rotatable bonds is 3. The van der Waals surface area contributed by atoms with Gasteiger partial charge in [-0.3, -0.25) is 4.79 Å². The molecular weight excluding hydrogens is 184 g/mol. The van der Waals surface area contributed by atoms with Crippen LogP contribution in [0.2, 0.25) is 0 Å². The van der Waals surface area contributed by atoms with E-state index in [-0.39, 0.29) is 23.7 Å². The molecule has 0 saturated carbocycles. The number of aromatic hydroxyl groups is 1. The molecule has 0 saturated heterocycles. The zero-order valence-corrected chi connectivity index (χ0v) is 7.23. The summed E-state index contributed by atoms with van der Waals surface area (Å²) in [6.45, 7) is -0.292. The van der Waals surface area contributed by atoms with Gasteiger partial charge in [0.1, 0.15) is 17.6 Å². The average Bonchev–Trinajstić information content (AvgIpc) is 2.15. The SMILES string of the molecule is N#Cc1cc(O)ccc1OCC(N)=O. The molecule has 72 valence electrons. The number of amides is 1. The highest BCUT2D eigenvalue weighted by Gasteiger charge is 2.05. The number of benzene rings is 1. The summed E-state index contributed by atoms with van der Waals surface area (Å²) in [5, 5.41) is 17.7. The Bertz CT molecular complexity index is 396. The van der Waals surface area contributed by atoms with Gasteiger partial charge in [-0.15, -0.1) is 0 Å². The summed E-state index contributed by atoms with van der Waals surface area (Å²) >= 11 is 0. The van der Waals surface area contributed by atoms with Gasteiger partial charge in [-0.1, -0.05) is 0 Å². The van der Waals surface area contributed by atoms with Gasteiger partial charge >= 0.3 is 0 Å². The molecule has 0 aliphatic heterocycles. The number of primary amides is 1. The first-order valence-electron chi connectivity index (χ1n) is 3.77. The van der Waals surface area contributed by atoms with Crippen LogP contribution in [0.15, 0.2) is 18.2 Å². The number of phenols is 1. The lowest BCUT2D eigenvalue weighted by Crippen LogP contribution is -2.20. The number of nitrogens with two attached hydrogens (primary N) is 1. The molecule has 1 rings (SSSR count). The van der Waals surface area contributed by atoms with Gasteiger partial charge < -0.3 is 15.6 Å². The highest BCUT2D eigenvalue weighted by molar-refractivity contribution is 5.75. The Balaban J connectivity index is 2.87. The zero-order valence-electron chi connectivity index (χ0n) is 7.23. The number of ether oxygens (including phenoxy) is 1. The topological polar surface area (TPSA) is 96.3 Å². The largest absolute Gasteiger partial charge is 0.508 e. The average molecular weight is 192 g/mol. The Morgan fingerprint density at radius 3 is 2.93 bits per heavy atom. The second-order valence-electron chi connectivity index (χ2n) is 2.55. The summed E-state index contributed by atoms with van der Waals surface area (Å²) in [4.78, 5) is 10.4. The summed E-state index contributed by atoms with van der Waals surface area (Å²) in [5.74, 6) is -0.431. The van der Waals surface area contributed by atoms with Crippen molar-refractivity contribution in [2.45, 2.75) is 0 Å². The third-order valence-corrected chi connectivity index (χ3v) is 1.45. The Kier molecular flexibility index (Phi) is 2.92. The first kappa shape index (κ1) is 9.86. The highest BCUT2D eigenvalue weighted by atomic mass is 16.5. The van der Waals surface area contributed by atoms with E-state index >= 15 is 0 Å². The lowest BCUT2D eigenvalue weighted by atomic mass is 10.2. The maximum Gasteiger partial charge on any atom is 0.255 e. The molecule has 0 bridgehead atoms. The molecule has 0 unspecified atom stereocenters. The number of hydrogen-bond donors (Lipinski definition) is 2. The van der Waals surface area contributed by atoms with E-state index in [1.807, 2.05) is 6.07 Å². The fraction of sp³-hybridized carbons (Fsp3) is 0.111. The molecule has 0 spiro atoms. The molecule has 14 heavy (non-hydrogen) atoms. The standard InChI is InChI=1S/C9H8N2O3/c10-4-6-3-7(12)1-2-8(6)14-5-9(11)13/h1-3,12H,5H2,(H2,11,13). The summed E-state index contributed by atoms with van der Waals surface area (Å²) in [6, 6.07) is 5.83. The Labute approximate surface area is 80.3 Å². The maximum atomic E-state index is 10.4. The van der Waals surface area contributed by atoms with Crippen LogP contribution in [0, 0.1) is 11.3 Å². The molecule has 1 aromatic carbocycles. The quantitative estimate of drug-likeness (QED) is 0.711. The second-order valence-corrected chi connectivity index (χ2v) is 2.55. The van der Waals surface area contributed by atoms with E-state index in [2.05, 4.69) is 0 Å². The number of nitriles is 1. The van der Waals surface area contributed by atoms with Gasteiger partial charge in [0.25, 0.3) is 5.91 Å². The van der Waals surface area contributed by atoms with Crippen molar-refractivity contribution in [3.8, 4) is 17.6 Å². The molecule has 3 N–H and O–H groups in total. The number of carbonyl (C=O) groups excluding carboxylic acids is 1. The smallest absolute Gasteiger partial charge is 0.255 e. The molecule has 5 nitrogen and oxygen atoms in total. The second kappa shape index (κ2) is 4.14. The predicted octanol–water partition coefficient (Wildman–Crippen LogP) is 0.128. The molecular formula is C9H8N2O3. The van der Waals surface area contributed by atoms with Gasteiger partial charge in [-0.25, -0.2) is 0 Å². The van der Waals surface area contributed by atoms with Gasteiger partial charge in [0, 0.05) is 6.07 Å². The Morgan fingerprint density at radius 1 is 1.64 bits per heavy atom. The molecule has 0 aliphatic carbocycles. The van der Waals surface area contributed by atoms with Crippen LogP contribution in [0.3, 0.4) is 0 Å². The van der Waals surface area contributed by atoms with Gasteiger partial charge in [0.15, 0.2) is 6.61 Å². The van der Waals surface area contributed by atoms with E-state index in [0.717, 1.165) is 0 Å². The van der Waals surface area contributed by atoms with Crippen molar-refractivity contribution < 1.29 is 14.6 Å². The summed E-state index contributed by atoms with van der Waals surface area (Å²) in [5.41, 5.74) is 5.02. The van der Waals surface area contributed by atoms with Gasteiger partial charge in [-0.05, 0) is 12.1 Å². The van der Waals surface area contributed by atoms with Crippen molar-refractivity contribution in [1.29, 1.82) is 5.26 Å². The van der Waals surface area contributed by atoms with Crippen LogP contribution in [-0.2, 0) is 4.79 Å². The van der Waals surface area contributed by atoms with Crippen LogP contribution in [-0.4, -0.2) is 17.6 Å². The minimum atomic E-state index is -0.623. The Morgan fingerprint density at radius 2 is 2.36 bits per heavy atom. The monoisotopic (exact) mass is 192 g/mol. The summed E-state index contributed by atoms with van der Waals surface area (Å²) < 4.78 is 4.94. The molecule has 0 heterocycles. The van der Waals surface area contributed by atoms with Crippen molar-refractivity contribution in [1.82, 2.24) is 0 Å². The van der Waals surface area contributed by atoms with Crippen LogP contribution >= 0.6 is 0 Å². The van der Waals surface area contributed by atoms with E-state index < -0.39 is 5.91 Å². The fourth-order valence-corrected chi connectivity index (χ4v) is 0.880. The number of phenolic OH excluding ortho intramolecular Hbond substituents is 1. The van der Waals surface area contributed by atoms with Crippen LogP contribution in [0.1, 0.15) is 5.56 Å². The lowest BCUT2D eigenvalue weighted by molar-refractivity contribution is -0.119. The molecule has 1 aromatic rings. The number of hydrogen-bond acceptors (Lipinski definition) is 4. The van der Waals surface area contributed by atoms with E-state index in [0.29, 0.717) is 0 Å². The minimum Gasteiger partial charge on any atom is -0.508 e. The molecule has 1 amide bonds. The van der Waals surface area contributed by atoms with E-state index in [1.165, 1.54) is 18.2 Å². The maximum absolute atomic E-state index is 10.4. The highest BCUT2D eigenvalue weighted by Crippen LogP contribution is 2.22. The van der Waals surface area contributed by atoms with Crippen molar-refractivity contribution in [2.24, 2.45) is 5.73 Å². The molecule has 0 aromatic heterocycles. The Hall–Kier alpha value is -2.22. The van der Waals surface area contributed by atoms with Crippen LogP contribution in [0.5, 0.6) is 11.5 Å². The van der Waals surface area contributed by atoms with Crippen molar-refractivity contribution in [3.63, 3.8) is 0 Å². The fourth-order valence-electron chi connectivity index (χ4n) is 0.880. The molecule has 0 atom stereocenters. The minimum absolute atomic E-state index is 0.0343. The van der Waals surface area contributed by atoms with E-state index in [1.54, 1.807) is 0 Å². The van der Waals surface area contributed by atoms with Crippen molar-refractivity contribution >= 4 is 5.91 Å². The zero-order chi connectivity index (χ0) is 10.6. The number of carbonyl (C=O) groups is 1. The number of nitrogens with zero attached hydrogens (tertiary/aromatic N) is 1. The van der Waals surface area contributed by atoms with Crippen LogP contribution < -0.4 is 10.5 Å². The molecule has 0 radical (unpaired) electrons. The van der Waals surface area contributed by atoms with E-state index in [4.69, 9.17) is 20.8 Å².